The highest BCUT2D eigenvalue weighted by Crippen LogP contribution is 2.28. The molecule has 0 bridgehead atoms. The van der Waals surface area contributed by atoms with Crippen LogP contribution in [0.3, 0.4) is 0 Å². The zero-order chi connectivity index (χ0) is 13.8. The third-order valence-corrected chi connectivity index (χ3v) is 3.76. The Kier molecular flexibility index (Phi) is 4.16. The fourth-order valence-corrected chi connectivity index (χ4v) is 2.66. The molecule has 0 aliphatic carbocycles. The molecule has 2 heterocycles. The van der Waals surface area contributed by atoms with Crippen molar-refractivity contribution in [3.8, 4) is 0 Å². The zero-order valence-corrected chi connectivity index (χ0v) is 11.7. The first kappa shape index (κ1) is 13.5. The quantitative estimate of drug-likeness (QED) is 0.652. The largest absolute Gasteiger partial charge is 0.364 e. The molecule has 2 aromatic rings. The maximum Gasteiger partial charge on any atom is 0.333 e. The Morgan fingerprint density at radius 3 is 2.95 bits per heavy atom. The van der Waals surface area contributed by atoms with E-state index in [1.54, 1.807) is 22.9 Å². The molecule has 0 aliphatic heterocycles. The average molecular weight is 280 g/mol. The Bertz CT molecular complexity index is 563. The molecule has 0 amide bonds. The molecule has 2 aromatic heterocycles. The van der Waals surface area contributed by atoms with Crippen molar-refractivity contribution in [2.24, 2.45) is 0 Å². The monoisotopic (exact) mass is 280 g/mol. The smallest absolute Gasteiger partial charge is 0.333 e. The second-order valence-corrected chi connectivity index (χ2v) is 5.14. The van der Waals surface area contributed by atoms with Gasteiger partial charge in [-0.15, -0.1) is 11.3 Å². The summed E-state index contributed by atoms with van der Waals surface area (Å²) in [6.07, 6.45) is 0.850. The van der Waals surface area contributed by atoms with Crippen LogP contribution in [0, 0.1) is 17.0 Å². The van der Waals surface area contributed by atoms with E-state index in [-0.39, 0.29) is 10.6 Å². The summed E-state index contributed by atoms with van der Waals surface area (Å²) in [4.78, 5) is 12.0. The zero-order valence-electron chi connectivity index (χ0n) is 10.9. The molecule has 0 radical (unpaired) electrons. The maximum atomic E-state index is 11.1. The van der Waals surface area contributed by atoms with Gasteiger partial charge in [0.25, 0.3) is 0 Å². The summed E-state index contributed by atoms with van der Waals surface area (Å²) in [5.41, 5.74) is 0.526. The minimum Gasteiger partial charge on any atom is -0.364 e. The van der Waals surface area contributed by atoms with Crippen LogP contribution in [0.2, 0.25) is 0 Å². The third-order valence-electron chi connectivity index (χ3n) is 2.82. The number of aromatic nitrogens is 2. The fraction of sp³-hybridized carbons (Fsp3) is 0.417. The van der Waals surface area contributed by atoms with Crippen molar-refractivity contribution < 1.29 is 4.92 Å². The lowest BCUT2D eigenvalue weighted by Gasteiger charge is -2.06. The van der Waals surface area contributed by atoms with Crippen LogP contribution in [0.15, 0.2) is 17.5 Å². The van der Waals surface area contributed by atoms with Gasteiger partial charge in [-0.2, -0.15) is 5.10 Å². The average Bonchev–Trinajstić information content (AvgIpc) is 2.97. The Hall–Kier alpha value is -1.89. The Balaban J connectivity index is 2.12. The first-order chi connectivity index (χ1) is 9.13. The fourth-order valence-electron chi connectivity index (χ4n) is 1.95. The van der Waals surface area contributed by atoms with Crippen molar-refractivity contribution >= 4 is 22.8 Å². The van der Waals surface area contributed by atoms with E-state index in [4.69, 9.17) is 0 Å². The van der Waals surface area contributed by atoms with Crippen molar-refractivity contribution in [3.63, 3.8) is 0 Å². The van der Waals surface area contributed by atoms with Crippen molar-refractivity contribution in [2.75, 3.05) is 11.9 Å². The molecule has 0 atom stereocenters. The minimum absolute atomic E-state index is 0.0769. The van der Waals surface area contributed by atoms with E-state index in [9.17, 15) is 10.1 Å². The number of anilines is 1. The van der Waals surface area contributed by atoms with Crippen molar-refractivity contribution in [1.82, 2.24) is 9.78 Å². The van der Waals surface area contributed by atoms with Gasteiger partial charge in [-0.1, -0.05) is 6.07 Å². The van der Waals surface area contributed by atoms with Crippen molar-refractivity contribution in [3.05, 3.63) is 38.2 Å². The molecule has 102 valence electrons. The summed E-state index contributed by atoms with van der Waals surface area (Å²) >= 11 is 1.69. The van der Waals surface area contributed by atoms with E-state index >= 15 is 0 Å². The van der Waals surface area contributed by atoms with Gasteiger partial charge in [-0.3, -0.25) is 10.1 Å². The van der Waals surface area contributed by atoms with Crippen LogP contribution in [0.5, 0.6) is 0 Å². The number of nitrogens with zero attached hydrogens (tertiary/aromatic N) is 3. The number of thiophene rings is 1. The van der Waals surface area contributed by atoms with Gasteiger partial charge in [-0.05, 0) is 31.7 Å². The number of nitrogens with one attached hydrogen (secondary N) is 1. The number of hydrogen-bond donors (Lipinski definition) is 1. The first-order valence-electron chi connectivity index (χ1n) is 6.11. The van der Waals surface area contributed by atoms with E-state index in [1.165, 1.54) is 4.88 Å². The predicted molar refractivity (Wildman–Crippen MR) is 75.8 cm³/mol. The van der Waals surface area contributed by atoms with E-state index in [0.29, 0.717) is 24.6 Å². The number of aryl methyl sites for hydroxylation is 2. The number of rotatable bonds is 6. The predicted octanol–water partition coefficient (Wildman–Crippen LogP) is 2.84. The highest BCUT2D eigenvalue weighted by molar-refractivity contribution is 7.09. The summed E-state index contributed by atoms with van der Waals surface area (Å²) in [7, 11) is 0. The molecule has 1 N–H and O–H groups in total. The van der Waals surface area contributed by atoms with E-state index in [0.717, 1.165) is 6.42 Å². The molecular formula is C12H16N4O2S. The molecule has 2 rings (SSSR count). The molecular weight excluding hydrogens is 264 g/mol. The molecule has 0 aromatic carbocycles. The van der Waals surface area contributed by atoms with Crippen LogP contribution in [0.1, 0.15) is 17.5 Å². The number of hydrogen-bond acceptors (Lipinski definition) is 5. The van der Waals surface area contributed by atoms with Crippen molar-refractivity contribution in [2.45, 2.75) is 26.8 Å². The summed E-state index contributed by atoms with van der Waals surface area (Å²) in [6.45, 7) is 4.85. The standard InChI is InChI=1S/C12H16N4O2S/c1-3-15-12(11(16(17)18)9(2)14-15)13-7-6-10-5-4-8-19-10/h4-5,8,13H,3,6-7H2,1-2H3. The van der Waals surface area contributed by atoms with E-state index in [2.05, 4.69) is 16.5 Å². The lowest BCUT2D eigenvalue weighted by molar-refractivity contribution is -0.384. The lowest BCUT2D eigenvalue weighted by Crippen LogP contribution is -2.11. The van der Waals surface area contributed by atoms with Crippen LogP contribution < -0.4 is 5.32 Å². The van der Waals surface area contributed by atoms with Gasteiger partial charge in [0.05, 0.1) is 4.92 Å². The topological polar surface area (TPSA) is 73.0 Å². The van der Waals surface area contributed by atoms with Gasteiger partial charge in [0.15, 0.2) is 0 Å². The van der Waals surface area contributed by atoms with Crippen LogP contribution in [0.25, 0.3) is 0 Å². The lowest BCUT2D eigenvalue weighted by atomic mass is 10.3. The van der Waals surface area contributed by atoms with Gasteiger partial charge < -0.3 is 5.32 Å². The van der Waals surface area contributed by atoms with Gasteiger partial charge in [0.2, 0.25) is 5.82 Å². The molecule has 0 saturated heterocycles. The minimum atomic E-state index is -0.373. The van der Waals surface area contributed by atoms with Crippen LogP contribution >= 0.6 is 11.3 Å². The van der Waals surface area contributed by atoms with Crippen LogP contribution in [0.4, 0.5) is 11.5 Å². The molecule has 7 heteroatoms. The molecule has 0 spiro atoms. The SMILES string of the molecule is CCn1nc(C)c([N+](=O)[O-])c1NCCc1cccs1. The summed E-state index contributed by atoms with van der Waals surface area (Å²) in [6, 6.07) is 4.06. The molecule has 6 nitrogen and oxygen atoms in total. The molecule has 0 saturated carbocycles. The molecule has 0 aliphatic rings. The van der Waals surface area contributed by atoms with E-state index < -0.39 is 0 Å². The second-order valence-electron chi connectivity index (χ2n) is 4.11. The Morgan fingerprint density at radius 2 is 2.37 bits per heavy atom. The normalized spacial score (nSPS) is 10.6. The maximum absolute atomic E-state index is 11.1. The summed E-state index contributed by atoms with van der Waals surface area (Å²) in [5, 5.41) is 20.4. The number of nitro groups is 1. The Morgan fingerprint density at radius 1 is 1.58 bits per heavy atom. The first-order valence-corrected chi connectivity index (χ1v) is 6.99. The molecule has 0 unspecified atom stereocenters. The molecule has 0 fully saturated rings. The summed E-state index contributed by atoms with van der Waals surface area (Å²) in [5.74, 6) is 0.501. The van der Waals surface area contributed by atoms with Gasteiger partial charge >= 0.3 is 5.69 Å². The van der Waals surface area contributed by atoms with E-state index in [1.807, 2.05) is 18.4 Å². The highest BCUT2D eigenvalue weighted by Gasteiger charge is 2.24. The van der Waals surface area contributed by atoms with Crippen LogP contribution in [-0.2, 0) is 13.0 Å². The Labute approximate surface area is 115 Å². The second kappa shape index (κ2) is 5.83. The van der Waals surface area contributed by atoms with Gasteiger partial charge in [0, 0.05) is 18.0 Å². The van der Waals surface area contributed by atoms with Gasteiger partial charge in [-0.25, -0.2) is 4.68 Å². The molecule has 19 heavy (non-hydrogen) atoms. The third kappa shape index (κ3) is 2.93. The van der Waals surface area contributed by atoms with Crippen LogP contribution in [-0.4, -0.2) is 21.2 Å². The summed E-state index contributed by atoms with van der Waals surface area (Å²) < 4.78 is 1.64. The van der Waals surface area contributed by atoms with Gasteiger partial charge in [0.1, 0.15) is 5.69 Å². The highest BCUT2D eigenvalue weighted by atomic mass is 32.1. The van der Waals surface area contributed by atoms with Crippen molar-refractivity contribution in [1.29, 1.82) is 0 Å².